The standard InChI is InChI=1S/C40H62O8/c1-12-22(3)33(45)47-31-32(48-34(46)23(4)13-2)40(21-41)25(20-35(31,5)6)24-14-15-27-37(9)18-17-28(42)36(7,8)26(37)16-19-38(27,10)39(24,11)29(43)30(40)44/h12-14,25-32,41-44H,15-21H2,1-11H3/b22-12-,23-13-/t25-,26-,27+,28-,29+,30+,31-,32-,37-,38+,39-,40-/m0/s1. The zero-order chi connectivity index (χ0) is 36.0. The van der Waals surface area contributed by atoms with Gasteiger partial charge < -0.3 is 29.9 Å². The Bertz CT molecular complexity index is 1410. The fourth-order valence-corrected chi connectivity index (χ4v) is 11.9. The van der Waals surface area contributed by atoms with Crippen molar-refractivity contribution in [2.45, 2.75) is 145 Å². The van der Waals surface area contributed by atoms with Crippen LogP contribution in [0.1, 0.15) is 115 Å². The summed E-state index contributed by atoms with van der Waals surface area (Å²) in [5, 5.41) is 47.8. The maximum Gasteiger partial charge on any atom is 0.333 e. The predicted molar refractivity (Wildman–Crippen MR) is 184 cm³/mol. The molecule has 4 N–H and O–H groups in total. The summed E-state index contributed by atoms with van der Waals surface area (Å²) in [6, 6.07) is 0. The van der Waals surface area contributed by atoms with Crippen LogP contribution >= 0.6 is 0 Å². The minimum absolute atomic E-state index is 0.0746. The molecule has 0 heterocycles. The molecule has 48 heavy (non-hydrogen) atoms. The third-order valence-electron chi connectivity index (χ3n) is 15.4. The van der Waals surface area contributed by atoms with Gasteiger partial charge in [0.15, 0.2) is 6.10 Å². The van der Waals surface area contributed by atoms with Crippen molar-refractivity contribution in [3.8, 4) is 0 Å². The molecular formula is C40H62O8. The summed E-state index contributed by atoms with van der Waals surface area (Å²) in [5.74, 6) is -1.12. The number of carbonyl (C=O) groups excluding carboxylic acids is 2. The van der Waals surface area contributed by atoms with Crippen molar-refractivity contribution in [3.05, 3.63) is 34.9 Å². The van der Waals surface area contributed by atoms with Crippen LogP contribution in [0.25, 0.3) is 0 Å². The first-order chi connectivity index (χ1) is 22.2. The molecule has 270 valence electrons. The molecule has 0 saturated heterocycles. The van der Waals surface area contributed by atoms with E-state index in [1.807, 2.05) is 13.8 Å². The van der Waals surface area contributed by atoms with Crippen LogP contribution in [0.15, 0.2) is 34.9 Å². The van der Waals surface area contributed by atoms with Gasteiger partial charge in [0.1, 0.15) is 6.10 Å². The van der Waals surface area contributed by atoms with Gasteiger partial charge in [0.25, 0.3) is 0 Å². The molecule has 5 aliphatic carbocycles. The molecule has 0 spiro atoms. The molecule has 0 aromatic rings. The highest BCUT2D eigenvalue weighted by atomic mass is 16.6. The zero-order valence-corrected chi connectivity index (χ0v) is 31.2. The van der Waals surface area contributed by atoms with E-state index in [9.17, 15) is 30.0 Å². The fraction of sp³-hybridized carbons (Fsp3) is 0.800. The molecule has 8 nitrogen and oxygen atoms in total. The van der Waals surface area contributed by atoms with Crippen molar-refractivity contribution < 1.29 is 39.5 Å². The first-order valence-electron chi connectivity index (χ1n) is 18.2. The van der Waals surface area contributed by atoms with E-state index in [-0.39, 0.29) is 22.9 Å². The van der Waals surface area contributed by atoms with Gasteiger partial charge in [-0.25, -0.2) is 9.59 Å². The number of ether oxygens (including phenoxy) is 2. The molecule has 0 aromatic carbocycles. The third-order valence-corrected chi connectivity index (χ3v) is 15.4. The summed E-state index contributed by atoms with van der Waals surface area (Å²) < 4.78 is 12.4. The minimum Gasteiger partial charge on any atom is -0.454 e. The summed E-state index contributed by atoms with van der Waals surface area (Å²) >= 11 is 0. The number of carbonyl (C=O) groups is 2. The Hall–Kier alpha value is -2.00. The van der Waals surface area contributed by atoms with Gasteiger partial charge in [0.05, 0.1) is 30.3 Å². The minimum atomic E-state index is -1.53. The second-order valence-electron chi connectivity index (χ2n) is 18.0. The van der Waals surface area contributed by atoms with Crippen molar-refractivity contribution in [1.29, 1.82) is 0 Å². The van der Waals surface area contributed by atoms with E-state index in [1.165, 1.54) is 0 Å². The summed E-state index contributed by atoms with van der Waals surface area (Å²) in [6.07, 6.45) is 4.81. The molecular weight excluding hydrogens is 608 g/mol. The molecule has 0 amide bonds. The molecule has 12 atom stereocenters. The number of esters is 2. The lowest BCUT2D eigenvalue weighted by Crippen LogP contribution is -2.76. The lowest BCUT2D eigenvalue weighted by Gasteiger charge is -2.73. The largest absolute Gasteiger partial charge is 0.454 e. The number of aliphatic hydroxyl groups excluding tert-OH is 4. The highest BCUT2D eigenvalue weighted by Gasteiger charge is 2.76. The number of rotatable bonds is 5. The van der Waals surface area contributed by atoms with E-state index in [4.69, 9.17) is 9.47 Å². The maximum atomic E-state index is 13.5. The SMILES string of the molecule is C/C=C(/C)C(=O)O[C@H]1[C@H](OC(=O)/C(C)=C\C)[C@]2(CO)[C@H](O)[C@@H](O)[C@]3(C)C(=CC[C@@H]4[C@@]5(C)CC[C@H](O)C(C)(C)[C@@H]5CC[C@]43C)[C@@H]2CC1(C)C. The van der Waals surface area contributed by atoms with Crippen LogP contribution in [0.2, 0.25) is 0 Å². The Morgan fingerprint density at radius 1 is 0.833 bits per heavy atom. The molecule has 5 aliphatic rings. The van der Waals surface area contributed by atoms with Crippen LogP contribution < -0.4 is 0 Å². The second-order valence-corrected chi connectivity index (χ2v) is 18.0. The van der Waals surface area contributed by atoms with E-state index in [1.54, 1.807) is 39.8 Å². The van der Waals surface area contributed by atoms with E-state index in [0.29, 0.717) is 23.5 Å². The van der Waals surface area contributed by atoms with Crippen molar-refractivity contribution in [2.75, 3.05) is 6.61 Å². The average molecular weight is 671 g/mol. The highest BCUT2D eigenvalue weighted by molar-refractivity contribution is 5.88. The van der Waals surface area contributed by atoms with Gasteiger partial charge in [-0.3, -0.25) is 0 Å². The van der Waals surface area contributed by atoms with E-state index >= 15 is 0 Å². The van der Waals surface area contributed by atoms with Crippen molar-refractivity contribution in [2.24, 2.45) is 50.2 Å². The Morgan fingerprint density at radius 3 is 1.94 bits per heavy atom. The molecule has 0 radical (unpaired) electrons. The third kappa shape index (κ3) is 4.81. The van der Waals surface area contributed by atoms with Crippen LogP contribution in [0.3, 0.4) is 0 Å². The van der Waals surface area contributed by atoms with Gasteiger partial charge in [-0.05, 0) is 100 Å². The number of hydrogen-bond donors (Lipinski definition) is 4. The van der Waals surface area contributed by atoms with Crippen molar-refractivity contribution in [3.63, 3.8) is 0 Å². The highest BCUT2D eigenvalue weighted by Crippen LogP contribution is 2.76. The molecule has 0 aliphatic heterocycles. The molecule has 4 saturated carbocycles. The van der Waals surface area contributed by atoms with Crippen LogP contribution in [0, 0.1) is 50.2 Å². The van der Waals surface area contributed by atoms with Crippen molar-refractivity contribution >= 4 is 11.9 Å². The topological polar surface area (TPSA) is 134 Å². The van der Waals surface area contributed by atoms with Gasteiger partial charge in [0.2, 0.25) is 0 Å². The summed E-state index contributed by atoms with van der Waals surface area (Å²) in [6.45, 7) is 21.4. The normalized spacial score (nSPS) is 46.6. The molecule has 4 fully saturated rings. The van der Waals surface area contributed by atoms with E-state index in [2.05, 4.69) is 40.7 Å². The number of fused-ring (bicyclic) bond motifs is 7. The van der Waals surface area contributed by atoms with Crippen LogP contribution in [-0.2, 0) is 19.1 Å². The van der Waals surface area contributed by atoms with Crippen molar-refractivity contribution in [1.82, 2.24) is 0 Å². The Labute approximate surface area is 288 Å². The average Bonchev–Trinajstić information content (AvgIpc) is 3.03. The predicted octanol–water partition coefficient (Wildman–Crippen LogP) is 6.06. The van der Waals surface area contributed by atoms with E-state index < -0.39 is 70.5 Å². The van der Waals surface area contributed by atoms with Gasteiger partial charge >= 0.3 is 11.9 Å². The monoisotopic (exact) mass is 670 g/mol. The van der Waals surface area contributed by atoms with Gasteiger partial charge in [-0.15, -0.1) is 0 Å². The number of hydrogen-bond acceptors (Lipinski definition) is 8. The summed E-state index contributed by atoms with van der Waals surface area (Å²) in [7, 11) is 0. The molecule has 0 unspecified atom stereocenters. The number of allylic oxidation sites excluding steroid dienone is 3. The van der Waals surface area contributed by atoms with Gasteiger partial charge in [0, 0.05) is 22.0 Å². The first-order valence-corrected chi connectivity index (χ1v) is 18.2. The maximum absolute atomic E-state index is 13.5. The molecule has 5 rings (SSSR count). The molecule has 0 bridgehead atoms. The van der Waals surface area contributed by atoms with Crippen LogP contribution in [-0.4, -0.2) is 69.5 Å². The van der Waals surface area contributed by atoms with E-state index in [0.717, 1.165) is 37.7 Å². The fourth-order valence-electron chi connectivity index (χ4n) is 11.9. The van der Waals surface area contributed by atoms with Crippen LogP contribution in [0.5, 0.6) is 0 Å². The number of aliphatic hydroxyl groups is 4. The molecule has 0 aromatic heterocycles. The van der Waals surface area contributed by atoms with Gasteiger partial charge in [-0.2, -0.15) is 0 Å². The Morgan fingerprint density at radius 2 is 1.40 bits per heavy atom. The lowest BCUT2D eigenvalue weighted by atomic mass is 9.32. The zero-order valence-electron chi connectivity index (χ0n) is 31.2. The Kier molecular flexibility index (Phi) is 9.36. The second kappa shape index (κ2) is 12.1. The van der Waals surface area contributed by atoms with Crippen LogP contribution in [0.4, 0.5) is 0 Å². The first kappa shape index (κ1) is 37.3. The van der Waals surface area contributed by atoms with Gasteiger partial charge in [-0.1, -0.05) is 72.3 Å². The molecule has 8 heteroatoms. The summed E-state index contributed by atoms with van der Waals surface area (Å²) in [4.78, 5) is 26.8. The quantitative estimate of drug-likeness (QED) is 0.158. The lowest BCUT2D eigenvalue weighted by molar-refractivity contribution is -0.292. The summed E-state index contributed by atoms with van der Waals surface area (Å²) in [5.41, 5.74) is -2.06. The Balaban J connectivity index is 1.69. The smallest absolute Gasteiger partial charge is 0.333 e.